The normalized spacial score (nSPS) is 12.1. The molecule has 0 bridgehead atoms. The first-order valence-electron chi connectivity index (χ1n) is 11.3. The fourth-order valence-corrected chi connectivity index (χ4v) is 5.69. The highest BCUT2D eigenvalue weighted by atomic mass is 32.2. The number of carbonyl (C=O) groups is 1. The van der Waals surface area contributed by atoms with Crippen LogP contribution in [0.4, 0.5) is 5.69 Å². The van der Waals surface area contributed by atoms with E-state index in [1.807, 2.05) is 30.3 Å². The molecule has 1 atom stereocenters. The second-order valence-corrected chi connectivity index (χ2v) is 11.3. The predicted molar refractivity (Wildman–Crippen MR) is 142 cm³/mol. The van der Waals surface area contributed by atoms with Gasteiger partial charge in [0.2, 0.25) is 5.91 Å². The van der Waals surface area contributed by atoms with Gasteiger partial charge in [0.1, 0.15) is 17.3 Å². The van der Waals surface area contributed by atoms with Gasteiger partial charge < -0.3 is 14.8 Å². The second-order valence-electron chi connectivity index (χ2n) is 7.96. The predicted octanol–water partition coefficient (Wildman–Crippen LogP) is 4.38. The van der Waals surface area contributed by atoms with Crippen LogP contribution in [0.15, 0.2) is 88.9 Å². The van der Waals surface area contributed by atoms with E-state index in [-0.39, 0.29) is 22.4 Å². The van der Waals surface area contributed by atoms with E-state index in [1.165, 1.54) is 18.9 Å². The molecule has 4 aromatic rings. The number of carbonyl (C=O) groups excluding carboxylic acids is 1. The minimum absolute atomic E-state index is 0.202. The summed E-state index contributed by atoms with van der Waals surface area (Å²) in [4.78, 5) is 13.2. The van der Waals surface area contributed by atoms with Crippen molar-refractivity contribution in [1.29, 1.82) is 0 Å². The molecule has 11 heteroatoms. The van der Waals surface area contributed by atoms with Crippen LogP contribution in [0.25, 0.3) is 5.69 Å². The van der Waals surface area contributed by atoms with Crippen LogP contribution in [0.1, 0.15) is 12.7 Å². The molecule has 1 amide bonds. The Morgan fingerprint density at radius 3 is 2.30 bits per heavy atom. The number of nitrogens with one attached hydrogen (secondary N) is 1. The molecule has 1 unspecified atom stereocenters. The van der Waals surface area contributed by atoms with Crippen LogP contribution in [0.2, 0.25) is 0 Å². The van der Waals surface area contributed by atoms with Gasteiger partial charge in [0.05, 0.1) is 30.1 Å². The van der Waals surface area contributed by atoms with Gasteiger partial charge in [-0.3, -0.25) is 9.36 Å². The van der Waals surface area contributed by atoms with Gasteiger partial charge in [-0.1, -0.05) is 48.2 Å². The van der Waals surface area contributed by atoms with Crippen molar-refractivity contribution >= 4 is 33.2 Å². The van der Waals surface area contributed by atoms with E-state index in [4.69, 9.17) is 9.47 Å². The van der Waals surface area contributed by atoms with Crippen LogP contribution in [-0.4, -0.2) is 48.6 Å². The first kappa shape index (κ1) is 26.2. The van der Waals surface area contributed by atoms with E-state index in [9.17, 15) is 13.2 Å². The number of para-hydroxylation sites is 1. The van der Waals surface area contributed by atoms with Gasteiger partial charge in [-0.05, 0) is 43.3 Å². The smallest absolute Gasteiger partial charge is 0.237 e. The molecule has 0 radical (unpaired) electrons. The fraction of sp³-hybridized carbons (Fsp3) is 0.192. The number of amides is 1. The van der Waals surface area contributed by atoms with Crippen LogP contribution in [0.5, 0.6) is 11.5 Å². The molecule has 1 aromatic heterocycles. The molecule has 9 nitrogen and oxygen atoms in total. The van der Waals surface area contributed by atoms with Crippen LogP contribution in [-0.2, 0) is 20.4 Å². The lowest BCUT2D eigenvalue weighted by molar-refractivity contribution is -0.115. The molecular weight excluding hydrogens is 512 g/mol. The Bertz CT molecular complexity index is 1480. The SMILES string of the molecule is COc1ccc(NC(=O)C(C)Sc2nnc(CS(=O)(=O)c3ccccc3)n2-c2ccccc2)c(OC)c1. The minimum atomic E-state index is -3.67. The third-order valence-corrected chi connectivity index (χ3v) is 8.13. The zero-order valence-electron chi connectivity index (χ0n) is 20.5. The lowest BCUT2D eigenvalue weighted by atomic mass is 10.2. The number of ether oxygens (including phenoxy) is 2. The Hall–Kier alpha value is -3.83. The maximum atomic E-state index is 13.1. The number of thioether (sulfide) groups is 1. The lowest BCUT2D eigenvalue weighted by Gasteiger charge is -2.16. The van der Waals surface area contributed by atoms with Crippen molar-refractivity contribution in [3.63, 3.8) is 0 Å². The largest absolute Gasteiger partial charge is 0.497 e. The van der Waals surface area contributed by atoms with Crippen LogP contribution < -0.4 is 14.8 Å². The molecule has 1 N–H and O–H groups in total. The average molecular weight is 539 g/mol. The Balaban J connectivity index is 1.60. The fourth-order valence-electron chi connectivity index (χ4n) is 3.54. The number of sulfone groups is 1. The van der Waals surface area contributed by atoms with E-state index in [0.717, 1.165) is 0 Å². The third-order valence-electron chi connectivity index (χ3n) is 5.45. The summed E-state index contributed by atoms with van der Waals surface area (Å²) in [6, 6.07) is 22.5. The first-order valence-corrected chi connectivity index (χ1v) is 13.8. The standard InChI is InChI=1S/C26H26N4O5S2/c1-18(25(31)27-22-15-14-20(34-2)16-23(22)35-3)36-26-29-28-24(30(26)19-10-6-4-7-11-19)17-37(32,33)21-12-8-5-9-13-21/h4-16,18H,17H2,1-3H3,(H,27,31). The Morgan fingerprint density at radius 1 is 0.973 bits per heavy atom. The van der Waals surface area contributed by atoms with Gasteiger partial charge in [0.15, 0.2) is 20.8 Å². The molecule has 0 saturated carbocycles. The van der Waals surface area contributed by atoms with Gasteiger partial charge in [0.25, 0.3) is 0 Å². The monoisotopic (exact) mass is 538 g/mol. The maximum absolute atomic E-state index is 13.1. The molecule has 0 aliphatic rings. The highest BCUT2D eigenvalue weighted by Gasteiger charge is 2.25. The zero-order chi connectivity index (χ0) is 26.4. The molecular formula is C26H26N4O5S2. The van der Waals surface area contributed by atoms with Crippen molar-refractivity contribution < 1.29 is 22.7 Å². The summed E-state index contributed by atoms with van der Waals surface area (Å²) < 4.78 is 38.4. The van der Waals surface area contributed by atoms with Crippen molar-refractivity contribution in [3.8, 4) is 17.2 Å². The third kappa shape index (κ3) is 6.12. The average Bonchev–Trinajstić information content (AvgIpc) is 3.30. The number of hydrogen-bond acceptors (Lipinski definition) is 8. The molecule has 0 spiro atoms. The van der Waals surface area contributed by atoms with Gasteiger partial charge >= 0.3 is 0 Å². The number of hydrogen-bond donors (Lipinski definition) is 1. The van der Waals surface area contributed by atoms with E-state index < -0.39 is 15.1 Å². The van der Waals surface area contributed by atoms with Crippen LogP contribution in [0.3, 0.4) is 0 Å². The van der Waals surface area contributed by atoms with Crippen molar-refractivity contribution in [2.45, 2.75) is 28.0 Å². The molecule has 3 aromatic carbocycles. The van der Waals surface area contributed by atoms with Gasteiger partial charge in [-0.25, -0.2) is 8.42 Å². The van der Waals surface area contributed by atoms with Crippen LogP contribution >= 0.6 is 11.8 Å². The summed E-state index contributed by atoms with van der Waals surface area (Å²) in [7, 11) is -0.606. The molecule has 0 aliphatic carbocycles. The van der Waals surface area contributed by atoms with Crippen LogP contribution in [0, 0.1) is 0 Å². The second kappa shape index (κ2) is 11.5. The molecule has 4 rings (SSSR count). The van der Waals surface area contributed by atoms with Crippen molar-refractivity contribution in [2.24, 2.45) is 0 Å². The van der Waals surface area contributed by atoms with E-state index in [2.05, 4.69) is 15.5 Å². The lowest BCUT2D eigenvalue weighted by Crippen LogP contribution is -2.23. The van der Waals surface area contributed by atoms with E-state index in [1.54, 1.807) is 67.1 Å². The number of benzene rings is 3. The zero-order valence-corrected chi connectivity index (χ0v) is 22.1. The summed E-state index contributed by atoms with van der Waals surface area (Å²) in [5, 5.41) is 11.1. The number of rotatable bonds is 10. The summed E-state index contributed by atoms with van der Waals surface area (Å²) >= 11 is 1.17. The molecule has 0 fully saturated rings. The summed E-state index contributed by atoms with van der Waals surface area (Å²) in [5.41, 5.74) is 1.19. The highest BCUT2D eigenvalue weighted by molar-refractivity contribution is 8.00. The quantitative estimate of drug-likeness (QED) is 0.296. The number of anilines is 1. The van der Waals surface area contributed by atoms with Crippen molar-refractivity contribution in [1.82, 2.24) is 14.8 Å². The maximum Gasteiger partial charge on any atom is 0.237 e. The number of methoxy groups -OCH3 is 2. The van der Waals surface area contributed by atoms with Crippen molar-refractivity contribution in [3.05, 3.63) is 84.7 Å². The molecule has 0 aliphatic heterocycles. The molecule has 0 saturated heterocycles. The molecule has 37 heavy (non-hydrogen) atoms. The Labute approximate surface area is 219 Å². The van der Waals surface area contributed by atoms with Gasteiger partial charge in [-0.2, -0.15) is 0 Å². The summed E-state index contributed by atoms with van der Waals surface area (Å²) in [6.07, 6.45) is 0. The van der Waals surface area contributed by atoms with E-state index in [0.29, 0.717) is 28.0 Å². The highest BCUT2D eigenvalue weighted by Crippen LogP contribution is 2.31. The number of nitrogens with zero attached hydrogens (tertiary/aromatic N) is 3. The minimum Gasteiger partial charge on any atom is -0.497 e. The van der Waals surface area contributed by atoms with Gasteiger partial charge in [-0.15, -0.1) is 10.2 Å². The molecule has 1 heterocycles. The Kier molecular flexibility index (Phi) is 8.14. The summed E-state index contributed by atoms with van der Waals surface area (Å²) in [5.74, 6) is 0.691. The topological polar surface area (TPSA) is 112 Å². The summed E-state index contributed by atoms with van der Waals surface area (Å²) in [6.45, 7) is 1.74. The van der Waals surface area contributed by atoms with E-state index >= 15 is 0 Å². The first-order chi connectivity index (χ1) is 17.8. The molecule has 192 valence electrons. The Morgan fingerprint density at radius 2 is 1.65 bits per heavy atom. The number of aromatic nitrogens is 3. The van der Waals surface area contributed by atoms with Crippen molar-refractivity contribution in [2.75, 3.05) is 19.5 Å². The van der Waals surface area contributed by atoms with Gasteiger partial charge in [0, 0.05) is 11.8 Å².